The number of hydrogen-bond donors (Lipinski definition) is 1. The third-order valence-electron chi connectivity index (χ3n) is 2.99. The Hall–Kier alpha value is -1.78. The molecule has 20 heavy (non-hydrogen) atoms. The maximum Gasteiger partial charge on any atom is 0.230 e. The Bertz CT molecular complexity index is 756. The second-order valence-corrected chi connectivity index (χ2v) is 5.47. The number of nitrogen functional groups attached to an aromatic ring is 1. The molecule has 0 radical (unpaired) electrons. The van der Waals surface area contributed by atoms with E-state index in [2.05, 4.69) is 21.1 Å². The summed E-state index contributed by atoms with van der Waals surface area (Å²) in [5.74, 6) is 0.280. The first-order chi connectivity index (χ1) is 9.68. The van der Waals surface area contributed by atoms with E-state index in [-0.39, 0.29) is 5.88 Å². The van der Waals surface area contributed by atoms with E-state index in [9.17, 15) is 0 Å². The maximum atomic E-state index is 6.33. The zero-order valence-electron chi connectivity index (χ0n) is 10.3. The van der Waals surface area contributed by atoms with Gasteiger partial charge in [-0.05, 0) is 27.6 Å². The van der Waals surface area contributed by atoms with Crippen LogP contribution in [0.2, 0.25) is 5.02 Å². The van der Waals surface area contributed by atoms with Crippen LogP contribution in [-0.2, 0) is 0 Å². The number of nitrogens with zero attached hydrogens (tertiary/aromatic N) is 1. The summed E-state index contributed by atoms with van der Waals surface area (Å²) in [7, 11) is 0. The molecule has 0 aliphatic rings. The Balaban J connectivity index is 2.24. The van der Waals surface area contributed by atoms with Gasteiger partial charge in [0.25, 0.3) is 0 Å². The Kier molecular flexibility index (Phi) is 3.51. The molecule has 0 aliphatic carbocycles. The number of halogens is 2. The summed E-state index contributed by atoms with van der Waals surface area (Å²) >= 11 is 9.74. The van der Waals surface area contributed by atoms with Crippen molar-refractivity contribution in [2.45, 2.75) is 0 Å². The number of rotatable bonds is 2. The van der Waals surface area contributed by atoms with Crippen molar-refractivity contribution in [3.8, 4) is 22.4 Å². The van der Waals surface area contributed by atoms with E-state index in [1.54, 1.807) is 0 Å². The molecule has 3 rings (SSSR count). The van der Waals surface area contributed by atoms with E-state index in [1.807, 2.05) is 48.5 Å². The molecule has 0 unspecified atom stereocenters. The molecule has 0 bridgehead atoms. The molecule has 0 saturated heterocycles. The molecule has 0 spiro atoms. The summed E-state index contributed by atoms with van der Waals surface area (Å²) in [6.07, 6.45) is 0. The van der Waals surface area contributed by atoms with E-state index in [0.29, 0.717) is 10.7 Å². The van der Waals surface area contributed by atoms with Crippen molar-refractivity contribution in [2.24, 2.45) is 0 Å². The minimum absolute atomic E-state index is 0.280. The van der Waals surface area contributed by atoms with Crippen molar-refractivity contribution in [1.29, 1.82) is 0 Å². The molecule has 100 valence electrons. The van der Waals surface area contributed by atoms with Crippen LogP contribution in [-0.4, -0.2) is 5.16 Å². The smallest absolute Gasteiger partial charge is 0.230 e. The summed E-state index contributed by atoms with van der Waals surface area (Å²) in [6.45, 7) is 0. The minimum atomic E-state index is 0.280. The zero-order valence-corrected chi connectivity index (χ0v) is 12.6. The van der Waals surface area contributed by atoms with Crippen molar-refractivity contribution >= 4 is 33.4 Å². The van der Waals surface area contributed by atoms with Gasteiger partial charge in [-0.2, -0.15) is 0 Å². The lowest BCUT2D eigenvalue weighted by molar-refractivity contribution is 0.439. The van der Waals surface area contributed by atoms with Gasteiger partial charge in [0, 0.05) is 10.0 Å². The van der Waals surface area contributed by atoms with E-state index in [1.165, 1.54) is 0 Å². The highest BCUT2D eigenvalue weighted by Gasteiger charge is 2.19. The normalized spacial score (nSPS) is 10.7. The van der Waals surface area contributed by atoms with Crippen LogP contribution in [0, 0.1) is 0 Å². The van der Waals surface area contributed by atoms with Gasteiger partial charge in [0.15, 0.2) is 0 Å². The van der Waals surface area contributed by atoms with Crippen molar-refractivity contribution < 1.29 is 4.52 Å². The van der Waals surface area contributed by atoms with E-state index in [4.69, 9.17) is 21.9 Å². The SMILES string of the molecule is Nc1onc(-c2cccc(Br)c2Cl)c1-c1ccccc1. The fraction of sp³-hybridized carbons (Fsp3) is 0. The molecule has 3 aromatic rings. The van der Waals surface area contributed by atoms with Gasteiger partial charge in [0.2, 0.25) is 5.88 Å². The van der Waals surface area contributed by atoms with Gasteiger partial charge in [-0.15, -0.1) is 0 Å². The zero-order chi connectivity index (χ0) is 14.1. The third-order valence-corrected chi connectivity index (χ3v) is 4.28. The maximum absolute atomic E-state index is 6.33. The average Bonchev–Trinajstić information content (AvgIpc) is 2.84. The molecule has 0 saturated carbocycles. The summed E-state index contributed by atoms with van der Waals surface area (Å²) in [5.41, 5.74) is 9.03. The predicted octanol–water partition coefficient (Wildman–Crippen LogP) is 5.01. The van der Waals surface area contributed by atoms with Gasteiger partial charge in [0.1, 0.15) is 5.69 Å². The minimum Gasteiger partial charge on any atom is -0.367 e. The lowest BCUT2D eigenvalue weighted by Crippen LogP contribution is -1.88. The summed E-state index contributed by atoms with van der Waals surface area (Å²) in [6, 6.07) is 15.4. The number of nitrogens with two attached hydrogens (primary N) is 1. The number of aromatic nitrogens is 1. The average molecular weight is 350 g/mol. The van der Waals surface area contributed by atoms with E-state index >= 15 is 0 Å². The highest BCUT2D eigenvalue weighted by atomic mass is 79.9. The first kappa shape index (κ1) is 13.2. The Morgan fingerprint density at radius 3 is 2.55 bits per heavy atom. The molecule has 5 heteroatoms. The molecule has 0 aliphatic heterocycles. The first-order valence-corrected chi connectivity index (χ1v) is 7.10. The highest BCUT2D eigenvalue weighted by molar-refractivity contribution is 9.10. The topological polar surface area (TPSA) is 52.0 Å². The van der Waals surface area contributed by atoms with Crippen molar-refractivity contribution in [1.82, 2.24) is 5.16 Å². The predicted molar refractivity (Wildman–Crippen MR) is 84.5 cm³/mol. The molecule has 0 fully saturated rings. The van der Waals surface area contributed by atoms with Crippen LogP contribution in [0.15, 0.2) is 57.5 Å². The summed E-state index contributed by atoms with van der Waals surface area (Å²) < 4.78 is 5.96. The lowest BCUT2D eigenvalue weighted by atomic mass is 10.0. The van der Waals surface area contributed by atoms with Crippen LogP contribution < -0.4 is 5.73 Å². The van der Waals surface area contributed by atoms with Crippen LogP contribution in [0.4, 0.5) is 5.88 Å². The quantitative estimate of drug-likeness (QED) is 0.708. The van der Waals surface area contributed by atoms with Gasteiger partial charge in [-0.25, -0.2) is 0 Å². The largest absolute Gasteiger partial charge is 0.367 e. The monoisotopic (exact) mass is 348 g/mol. The number of anilines is 1. The van der Waals surface area contributed by atoms with Gasteiger partial charge in [0.05, 0.1) is 10.6 Å². The second-order valence-electron chi connectivity index (χ2n) is 4.24. The standard InChI is InChI=1S/C15H10BrClN2O/c16-11-8-4-7-10(13(11)17)14-12(15(18)20-19-14)9-5-2-1-3-6-9/h1-8H,18H2. The molecule has 1 heterocycles. The van der Waals surface area contributed by atoms with Crippen LogP contribution in [0.5, 0.6) is 0 Å². The Morgan fingerprint density at radius 2 is 1.80 bits per heavy atom. The third kappa shape index (κ3) is 2.21. The first-order valence-electron chi connectivity index (χ1n) is 5.93. The summed E-state index contributed by atoms with van der Waals surface area (Å²) in [5, 5.41) is 4.64. The molecule has 0 atom stereocenters. The Morgan fingerprint density at radius 1 is 1.05 bits per heavy atom. The molecule has 0 amide bonds. The fourth-order valence-electron chi connectivity index (χ4n) is 2.06. The highest BCUT2D eigenvalue weighted by Crippen LogP contribution is 2.40. The van der Waals surface area contributed by atoms with Gasteiger partial charge < -0.3 is 10.3 Å². The van der Waals surface area contributed by atoms with Crippen molar-refractivity contribution in [2.75, 3.05) is 5.73 Å². The van der Waals surface area contributed by atoms with Gasteiger partial charge >= 0.3 is 0 Å². The number of hydrogen-bond acceptors (Lipinski definition) is 3. The van der Waals surface area contributed by atoms with Crippen LogP contribution in [0.25, 0.3) is 22.4 Å². The fourth-order valence-corrected chi connectivity index (χ4v) is 2.64. The van der Waals surface area contributed by atoms with Crippen molar-refractivity contribution in [3.63, 3.8) is 0 Å². The molecule has 1 aromatic heterocycles. The van der Waals surface area contributed by atoms with Crippen LogP contribution >= 0.6 is 27.5 Å². The number of benzene rings is 2. The van der Waals surface area contributed by atoms with Crippen molar-refractivity contribution in [3.05, 3.63) is 58.0 Å². The molecule has 3 nitrogen and oxygen atoms in total. The van der Waals surface area contributed by atoms with E-state index in [0.717, 1.165) is 21.2 Å². The molecular weight excluding hydrogens is 340 g/mol. The van der Waals surface area contributed by atoms with E-state index < -0.39 is 0 Å². The van der Waals surface area contributed by atoms with Gasteiger partial charge in [-0.1, -0.05) is 59.2 Å². The molecular formula is C15H10BrClN2O. The second kappa shape index (κ2) is 5.31. The molecule has 2 N–H and O–H groups in total. The summed E-state index contributed by atoms with van der Waals surface area (Å²) in [4.78, 5) is 0. The lowest BCUT2D eigenvalue weighted by Gasteiger charge is -2.05. The molecule has 2 aromatic carbocycles. The Labute approximate surface area is 129 Å². The van der Waals surface area contributed by atoms with Gasteiger partial charge in [-0.3, -0.25) is 0 Å². The van der Waals surface area contributed by atoms with Crippen LogP contribution in [0.1, 0.15) is 0 Å². The van der Waals surface area contributed by atoms with Crippen LogP contribution in [0.3, 0.4) is 0 Å².